The summed E-state index contributed by atoms with van der Waals surface area (Å²) in [6, 6.07) is -0.0698. The zero-order valence-electron chi connectivity index (χ0n) is 18.3. The van der Waals surface area contributed by atoms with Gasteiger partial charge in [0.1, 0.15) is 17.2 Å². The minimum Gasteiger partial charge on any atom is -0.459 e. The van der Waals surface area contributed by atoms with Gasteiger partial charge in [-0.05, 0) is 12.3 Å². The topological polar surface area (TPSA) is 87.7 Å². The molecule has 3 atom stereocenters. The smallest absolute Gasteiger partial charge is 0.303 e. The van der Waals surface area contributed by atoms with E-state index in [-0.39, 0.29) is 35.1 Å². The largest absolute Gasteiger partial charge is 0.459 e. The molecular weight excluding hydrogens is 410 g/mol. The molecule has 9 heteroatoms. The second-order valence-corrected chi connectivity index (χ2v) is 9.49. The molecule has 29 heavy (non-hydrogen) atoms. The molecule has 0 bridgehead atoms. The highest BCUT2D eigenvalue weighted by Gasteiger charge is 2.35. The van der Waals surface area contributed by atoms with Crippen LogP contribution in [0.25, 0.3) is 0 Å². The lowest BCUT2D eigenvalue weighted by Crippen LogP contribution is -2.47. The van der Waals surface area contributed by atoms with Gasteiger partial charge in [-0.3, -0.25) is 19.1 Å². The Morgan fingerprint density at radius 1 is 1.34 bits per heavy atom. The Morgan fingerprint density at radius 2 is 2.03 bits per heavy atom. The molecule has 0 fully saturated rings. The Morgan fingerprint density at radius 3 is 2.59 bits per heavy atom. The van der Waals surface area contributed by atoms with Crippen molar-refractivity contribution in [3.8, 4) is 0 Å². The molecule has 0 saturated heterocycles. The van der Waals surface area contributed by atoms with Crippen LogP contribution in [0, 0.1) is 5.92 Å². The number of esters is 1. The van der Waals surface area contributed by atoms with Crippen LogP contribution in [-0.4, -0.2) is 53.0 Å². The molecule has 0 aromatic carbocycles. The van der Waals surface area contributed by atoms with Crippen molar-refractivity contribution in [3.05, 3.63) is 11.1 Å². The molecule has 166 valence electrons. The SMILES string of the molecule is CCCCC(=O)N(C)C(CC(OC(C)=O)C1NC(C(=O)NSCC)=CS1)C(C)C. The van der Waals surface area contributed by atoms with E-state index < -0.39 is 6.10 Å². The number of nitrogens with zero attached hydrogens (tertiary/aromatic N) is 1. The van der Waals surface area contributed by atoms with Gasteiger partial charge in [-0.1, -0.05) is 46.1 Å². The summed E-state index contributed by atoms with van der Waals surface area (Å²) in [4.78, 5) is 38.2. The summed E-state index contributed by atoms with van der Waals surface area (Å²) in [5.41, 5.74) is 0.464. The van der Waals surface area contributed by atoms with Crippen molar-refractivity contribution in [1.82, 2.24) is 14.9 Å². The van der Waals surface area contributed by atoms with Crippen LogP contribution < -0.4 is 10.0 Å². The number of ether oxygens (including phenoxy) is 1. The van der Waals surface area contributed by atoms with Crippen LogP contribution in [0.4, 0.5) is 0 Å². The number of hydrogen-bond donors (Lipinski definition) is 2. The summed E-state index contributed by atoms with van der Waals surface area (Å²) in [5, 5.41) is 4.66. The quantitative estimate of drug-likeness (QED) is 0.352. The third-order valence-electron chi connectivity index (χ3n) is 4.72. The van der Waals surface area contributed by atoms with Gasteiger partial charge < -0.3 is 15.0 Å². The number of rotatable bonds is 12. The number of carbonyl (C=O) groups is 3. The first-order chi connectivity index (χ1) is 13.7. The number of hydrogen-bond acceptors (Lipinski definition) is 7. The Balaban J connectivity index is 2.85. The van der Waals surface area contributed by atoms with E-state index in [1.165, 1.54) is 30.6 Å². The summed E-state index contributed by atoms with van der Waals surface area (Å²) in [6.45, 7) is 9.53. The van der Waals surface area contributed by atoms with E-state index in [1.807, 2.05) is 14.0 Å². The zero-order valence-corrected chi connectivity index (χ0v) is 20.0. The molecule has 1 rings (SSSR count). The monoisotopic (exact) mass is 445 g/mol. The Bertz CT molecular complexity index is 598. The van der Waals surface area contributed by atoms with Gasteiger partial charge in [-0.25, -0.2) is 0 Å². The fraction of sp³-hybridized carbons (Fsp3) is 0.750. The molecule has 3 unspecified atom stereocenters. The molecule has 1 aliphatic heterocycles. The van der Waals surface area contributed by atoms with Gasteiger partial charge in [0.25, 0.3) is 5.91 Å². The second kappa shape index (κ2) is 13.1. The van der Waals surface area contributed by atoms with E-state index in [0.717, 1.165) is 18.6 Å². The third-order valence-corrected chi connectivity index (χ3v) is 6.42. The zero-order chi connectivity index (χ0) is 22.0. The molecule has 0 spiro atoms. The van der Waals surface area contributed by atoms with Crippen molar-refractivity contribution in [1.29, 1.82) is 0 Å². The summed E-state index contributed by atoms with van der Waals surface area (Å²) < 4.78 is 8.36. The van der Waals surface area contributed by atoms with E-state index in [1.54, 1.807) is 10.3 Å². The fourth-order valence-electron chi connectivity index (χ4n) is 3.11. The maximum atomic E-state index is 12.5. The molecule has 2 amide bonds. The van der Waals surface area contributed by atoms with Crippen molar-refractivity contribution in [2.75, 3.05) is 12.8 Å². The molecule has 0 aliphatic carbocycles. The van der Waals surface area contributed by atoms with Gasteiger partial charge in [-0.2, -0.15) is 0 Å². The van der Waals surface area contributed by atoms with E-state index in [0.29, 0.717) is 18.5 Å². The Hall–Kier alpha value is -1.35. The van der Waals surface area contributed by atoms with Crippen LogP contribution in [0.2, 0.25) is 0 Å². The number of amides is 2. The average Bonchev–Trinajstić information content (AvgIpc) is 3.16. The predicted molar refractivity (Wildman–Crippen MR) is 120 cm³/mol. The van der Waals surface area contributed by atoms with E-state index >= 15 is 0 Å². The lowest BCUT2D eigenvalue weighted by Gasteiger charge is -2.35. The molecule has 7 nitrogen and oxygen atoms in total. The molecular formula is C20H35N3O4S2. The van der Waals surface area contributed by atoms with E-state index in [9.17, 15) is 14.4 Å². The van der Waals surface area contributed by atoms with Crippen molar-refractivity contribution >= 4 is 41.5 Å². The Labute approximate surface area is 183 Å². The normalized spacial score (nSPS) is 17.9. The van der Waals surface area contributed by atoms with Crippen molar-refractivity contribution in [2.45, 2.75) is 77.8 Å². The molecule has 1 aliphatic rings. The van der Waals surface area contributed by atoms with Gasteiger partial charge in [-0.15, -0.1) is 11.8 Å². The standard InChI is InChI=1S/C20H35N3O4S2/c1-7-9-10-18(25)23(6)16(13(3)4)11-17(27-14(5)24)20-21-15(12-28-20)19(26)22-29-8-2/h12-13,16-17,20-21H,7-11H2,1-6H3,(H,22,26). The first kappa shape index (κ1) is 25.7. The van der Waals surface area contributed by atoms with Crippen LogP contribution in [-0.2, 0) is 19.1 Å². The molecule has 1 heterocycles. The highest BCUT2D eigenvalue weighted by atomic mass is 32.2. The number of thioether (sulfide) groups is 1. The average molecular weight is 446 g/mol. The molecule has 0 saturated carbocycles. The van der Waals surface area contributed by atoms with Crippen LogP contribution in [0.5, 0.6) is 0 Å². The van der Waals surface area contributed by atoms with Crippen LogP contribution in [0.3, 0.4) is 0 Å². The van der Waals surface area contributed by atoms with Crippen molar-refractivity contribution in [2.24, 2.45) is 5.92 Å². The maximum absolute atomic E-state index is 12.5. The first-order valence-electron chi connectivity index (χ1n) is 10.2. The van der Waals surface area contributed by atoms with Crippen molar-refractivity contribution < 1.29 is 19.1 Å². The number of unbranched alkanes of at least 4 members (excludes halogenated alkanes) is 1. The molecule has 0 aromatic rings. The first-order valence-corrected chi connectivity index (χ1v) is 12.1. The van der Waals surface area contributed by atoms with Crippen molar-refractivity contribution in [3.63, 3.8) is 0 Å². The number of carbonyl (C=O) groups excluding carboxylic acids is 3. The highest BCUT2D eigenvalue weighted by molar-refractivity contribution is 8.03. The summed E-state index contributed by atoms with van der Waals surface area (Å²) in [5.74, 6) is 0.515. The summed E-state index contributed by atoms with van der Waals surface area (Å²) in [7, 11) is 1.82. The maximum Gasteiger partial charge on any atom is 0.303 e. The summed E-state index contributed by atoms with van der Waals surface area (Å²) >= 11 is 2.76. The van der Waals surface area contributed by atoms with Gasteiger partial charge >= 0.3 is 5.97 Å². The van der Waals surface area contributed by atoms with Gasteiger partial charge in [0.05, 0.1) is 0 Å². The number of nitrogens with one attached hydrogen (secondary N) is 2. The predicted octanol–water partition coefficient (Wildman–Crippen LogP) is 3.27. The molecule has 2 N–H and O–H groups in total. The van der Waals surface area contributed by atoms with Crippen LogP contribution in [0.1, 0.15) is 60.3 Å². The minimum absolute atomic E-state index is 0.0698. The third kappa shape index (κ3) is 8.50. The van der Waals surface area contributed by atoms with E-state index in [2.05, 4.69) is 30.8 Å². The summed E-state index contributed by atoms with van der Waals surface area (Å²) in [6.07, 6.45) is 2.39. The molecule has 0 aromatic heterocycles. The molecule has 0 radical (unpaired) electrons. The fourth-order valence-corrected chi connectivity index (χ4v) is 4.49. The second-order valence-electron chi connectivity index (χ2n) is 7.40. The Kier molecular flexibility index (Phi) is 11.6. The van der Waals surface area contributed by atoms with Gasteiger partial charge in [0, 0.05) is 44.0 Å². The lowest BCUT2D eigenvalue weighted by atomic mass is 9.95. The highest BCUT2D eigenvalue weighted by Crippen LogP contribution is 2.30. The minimum atomic E-state index is -0.466. The van der Waals surface area contributed by atoms with Crippen LogP contribution in [0.15, 0.2) is 11.1 Å². The van der Waals surface area contributed by atoms with Gasteiger partial charge in [0.2, 0.25) is 5.91 Å². The van der Waals surface area contributed by atoms with E-state index in [4.69, 9.17) is 4.74 Å². The van der Waals surface area contributed by atoms with Gasteiger partial charge in [0.15, 0.2) is 0 Å². The van der Waals surface area contributed by atoms with Crippen LogP contribution >= 0.6 is 23.7 Å². The lowest BCUT2D eigenvalue weighted by molar-refractivity contribution is -0.148.